The van der Waals surface area contributed by atoms with Crippen LogP contribution in [0, 0.1) is 11.8 Å². The number of aliphatic hydroxyl groups is 3. The molecule has 2 aromatic heterocycles. The number of halogens is 1. The van der Waals surface area contributed by atoms with Crippen molar-refractivity contribution in [1.29, 1.82) is 0 Å². The van der Waals surface area contributed by atoms with Crippen LogP contribution >= 0.6 is 15.9 Å². The number of carbonyl (C=O) groups is 1. The standard InChI is InChI=1S/C54H73BrN2O13/c1-32(17-18-39(62-7)13-11-19-55)22-44(59)47-25-41(63-8)28-54(61,70-47)29-49-56-37(30-64-49)23-34(3)51-36(5)52-35(4)45(67-51)14-10-15-48-57-43(31-65-48)46-24-38(58)26-53(6,69-46)27-42-21-33(2)20-40(66-42)12-9-16-50(60)68-52/h9-11,15-19,22-23,30-31,35-36,38-42,44-47,51-52,58-59,61H,2,12-14,20-21,24-29H2,1,3-8H3/b15-10+,16-9-,18-17+,19-11+,32-22+,34-23+/t35-,36-,38-,39?,40-,41?,42+,44+,45+,46?,47+,51-,52-,53?,54-/m0/s1. The van der Waals surface area contributed by atoms with Crippen molar-refractivity contribution in [2.45, 2.75) is 184 Å². The van der Waals surface area contributed by atoms with Crippen molar-refractivity contribution in [2.75, 3.05) is 14.2 Å². The first-order valence-corrected chi connectivity index (χ1v) is 25.6. The molecule has 70 heavy (non-hydrogen) atoms. The van der Waals surface area contributed by atoms with Crippen molar-refractivity contribution in [1.82, 2.24) is 9.97 Å². The Balaban J connectivity index is 1.07. The third-order valence-corrected chi connectivity index (χ3v) is 14.6. The topological polar surface area (TPSA) is 194 Å². The molecule has 384 valence electrons. The predicted octanol–water partition coefficient (Wildman–Crippen LogP) is 9.15. The van der Waals surface area contributed by atoms with Gasteiger partial charge in [-0.3, -0.25) is 0 Å². The van der Waals surface area contributed by atoms with Gasteiger partial charge in [0.15, 0.2) is 11.7 Å². The summed E-state index contributed by atoms with van der Waals surface area (Å²) in [5.41, 5.74) is 3.19. The van der Waals surface area contributed by atoms with Gasteiger partial charge in [0.1, 0.15) is 36.1 Å². The zero-order chi connectivity index (χ0) is 50.2. The molecule has 5 aliphatic rings. The number of hydrogen-bond acceptors (Lipinski definition) is 15. The van der Waals surface area contributed by atoms with Crippen LogP contribution in [-0.2, 0) is 44.4 Å². The zero-order valence-electron chi connectivity index (χ0n) is 41.6. The van der Waals surface area contributed by atoms with Crippen molar-refractivity contribution < 1.29 is 62.1 Å². The second-order valence-electron chi connectivity index (χ2n) is 20.3. The average Bonchev–Trinajstić information content (AvgIpc) is 3.96. The predicted molar refractivity (Wildman–Crippen MR) is 266 cm³/mol. The lowest BCUT2D eigenvalue weighted by Gasteiger charge is -2.44. The fourth-order valence-corrected chi connectivity index (χ4v) is 11.0. The number of esters is 1. The minimum absolute atomic E-state index is 0.0841. The Hall–Kier alpha value is -3.81. The van der Waals surface area contributed by atoms with E-state index in [-0.39, 0.29) is 61.1 Å². The summed E-state index contributed by atoms with van der Waals surface area (Å²) in [6.07, 6.45) is 19.5. The van der Waals surface area contributed by atoms with Crippen LogP contribution in [0.4, 0.5) is 0 Å². The number of carbonyl (C=O) groups excluding carboxylic acids is 1. The van der Waals surface area contributed by atoms with Gasteiger partial charge in [0.2, 0.25) is 5.89 Å². The number of aliphatic hydroxyl groups excluding tert-OH is 2. The lowest BCUT2D eigenvalue weighted by atomic mass is 9.79. The van der Waals surface area contributed by atoms with Crippen LogP contribution < -0.4 is 0 Å². The van der Waals surface area contributed by atoms with Crippen molar-refractivity contribution in [3.8, 4) is 0 Å². The van der Waals surface area contributed by atoms with Crippen LogP contribution in [-0.4, -0.2) is 118 Å². The highest BCUT2D eigenvalue weighted by Crippen LogP contribution is 2.43. The largest absolute Gasteiger partial charge is 0.458 e. The number of nitrogens with zero attached hydrogens (tertiary/aromatic N) is 2. The van der Waals surface area contributed by atoms with Crippen molar-refractivity contribution in [2.24, 2.45) is 11.8 Å². The van der Waals surface area contributed by atoms with Gasteiger partial charge >= 0.3 is 5.97 Å². The number of allylic oxidation sites excluding steroid dienone is 2. The summed E-state index contributed by atoms with van der Waals surface area (Å²) in [5.74, 6) is -1.96. The third kappa shape index (κ3) is 14.4. The van der Waals surface area contributed by atoms with E-state index in [4.69, 9.17) is 52.0 Å². The molecule has 4 saturated heterocycles. The van der Waals surface area contributed by atoms with Gasteiger partial charge in [0.05, 0.1) is 67.0 Å². The third-order valence-electron chi connectivity index (χ3n) is 14.2. The summed E-state index contributed by atoms with van der Waals surface area (Å²) >= 11 is 3.28. The molecule has 7 rings (SSSR count). The number of aromatic nitrogens is 2. The number of ether oxygens (including phenoxy) is 7. The molecule has 0 amide bonds. The Morgan fingerprint density at radius 1 is 1.00 bits per heavy atom. The maximum atomic E-state index is 13.6. The molecule has 3 N–H and O–H groups in total. The van der Waals surface area contributed by atoms with E-state index in [2.05, 4.69) is 22.5 Å². The highest BCUT2D eigenvalue weighted by molar-refractivity contribution is 9.11. The first kappa shape index (κ1) is 54.0. The van der Waals surface area contributed by atoms with Gasteiger partial charge in [-0.15, -0.1) is 0 Å². The monoisotopic (exact) mass is 1040 g/mol. The van der Waals surface area contributed by atoms with Gasteiger partial charge in [0.25, 0.3) is 0 Å². The molecule has 7 heterocycles. The van der Waals surface area contributed by atoms with E-state index < -0.39 is 54.0 Å². The van der Waals surface area contributed by atoms with E-state index >= 15 is 0 Å². The average molecular weight is 1040 g/mol. The Morgan fingerprint density at radius 2 is 1.79 bits per heavy atom. The second kappa shape index (κ2) is 24.3. The van der Waals surface area contributed by atoms with Crippen LogP contribution in [0.5, 0.6) is 0 Å². The minimum atomic E-state index is -1.73. The van der Waals surface area contributed by atoms with Crippen molar-refractivity contribution >= 4 is 34.1 Å². The van der Waals surface area contributed by atoms with Crippen LogP contribution in [0.2, 0.25) is 0 Å². The van der Waals surface area contributed by atoms with E-state index in [1.54, 1.807) is 37.6 Å². The molecule has 5 aliphatic heterocycles. The summed E-state index contributed by atoms with van der Waals surface area (Å²) in [4.78, 5) is 24.8. The molecule has 8 bridgehead atoms. The summed E-state index contributed by atoms with van der Waals surface area (Å²) in [6, 6.07) is 0. The van der Waals surface area contributed by atoms with Gasteiger partial charge < -0.3 is 57.3 Å². The zero-order valence-corrected chi connectivity index (χ0v) is 43.2. The van der Waals surface area contributed by atoms with Crippen molar-refractivity contribution in [3.63, 3.8) is 0 Å². The number of hydrogen-bond donors (Lipinski definition) is 3. The maximum Gasteiger partial charge on any atom is 0.330 e. The van der Waals surface area contributed by atoms with E-state index in [1.165, 1.54) is 12.3 Å². The Kier molecular flexibility index (Phi) is 18.7. The summed E-state index contributed by atoms with van der Waals surface area (Å²) in [6.45, 7) is 14.2. The molecule has 15 nitrogen and oxygen atoms in total. The smallest absolute Gasteiger partial charge is 0.330 e. The lowest BCUT2D eigenvalue weighted by molar-refractivity contribution is -0.286. The minimum Gasteiger partial charge on any atom is -0.458 e. The van der Waals surface area contributed by atoms with Gasteiger partial charge in [-0.25, -0.2) is 14.8 Å². The van der Waals surface area contributed by atoms with E-state index in [1.807, 2.05) is 71.1 Å². The number of fused-ring (bicyclic) bond motifs is 9. The first-order valence-electron chi connectivity index (χ1n) is 24.6. The molecule has 0 aliphatic carbocycles. The molecular formula is C54H73BrN2O13. The molecule has 15 atom stereocenters. The summed E-state index contributed by atoms with van der Waals surface area (Å²) in [5, 5.41) is 34.1. The highest BCUT2D eigenvalue weighted by atomic mass is 79.9. The number of methoxy groups -OCH3 is 2. The number of oxazole rings is 2. The lowest BCUT2D eigenvalue weighted by Crippen LogP contribution is -2.51. The Bertz CT molecular complexity index is 2260. The molecule has 0 saturated carbocycles. The van der Waals surface area contributed by atoms with E-state index in [0.29, 0.717) is 75.1 Å². The molecule has 0 radical (unpaired) electrons. The van der Waals surface area contributed by atoms with Gasteiger partial charge in [-0.05, 0) is 75.6 Å². The summed E-state index contributed by atoms with van der Waals surface area (Å²) in [7, 11) is 3.22. The molecule has 16 heteroatoms. The van der Waals surface area contributed by atoms with Crippen LogP contribution in [0.3, 0.4) is 0 Å². The number of rotatable bonds is 12. The fraction of sp³-hybridized carbons (Fsp3) is 0.611. The van der Waals surface area contributed by atoms with Gasteiger partial charge in [-0.1, -0.05) is 84.0 Å². The van der Waals surface area contributed by atoms with Gasteiger partial charge in [-0.2, -0.15) is 0 Å². The molecule has 2 aromatic rings. The fourth-order valence-electron chi connectivity index (χ4n) is 10.8. The Morgan fingerprint density at radius 3 is 2.56 bits per heavy atom. The maximum absolute atomic E-state index is 13.6. The second-order valence-corrected chi connectivity index (χ2v) is 20.8. The first-order chi connectivity index (χ1) is 33.4. The highest BCUT2D eigenvalue weighted by Gasteiger charge is 2.46. The van der Waals surface area contributed by atoms with Crippen LogP contribution in [0.25, 0.3) is 12.2 Å². The molecule has 4 unspecified atom stereocenters. The van der Waals surface area contributed by atoms with Crippen LogP contribution in [0.1, 0.15) is 128 Å². The van der Waals surface area contributed by atoms with Crippen LogP contribution in [0.15, 0.2) is 92.2 Å². The summed E-state index contributed by atoms with van der Waals surface area (Å²) < 4.78 is 55.6. The Labute approximate surface area is 420 Å². The quantitative estimate of drug-likeness (QED) is 0.103. The van der Waals surface area contributed by atoms with E-state index in [0.717, 1.165) is 16.7 Å². The van der Waals surface area contributed by atoms with E-state index in [9.17, 15) is 20.1 Å². The molecule has 4 fully saturated rings. The normalized spacial score (nSPS) is 36.9. The molecule has 0 spiro atoms. The van der Waals surface area contributed by atoms with Crippen molar-refractivity contribution in [3.05, 3.63) is 107 Å². The molecule has 0 aromatic carbocycles. The molecular weight excluding hydrogens is 964 g/mol. The van der Waals surface area contributed by atoms with Gasteiger partial charge in [0, 0.05) is 64.2 Å². The SMILES string of the molecule is C=C1C[C@@H]2CC3(C)C[C@@H](O)CC(O3)c3coc(n3)/C=C/C[C@H]3O[C@@H](/C(C)=C/c4coc(C[C@]5(O)CC(OC)C[C@H]([C@H](O)/C=C(C)/C=C/C(C/C=C/Br)OC)O5)n4)[C@H](C)[C@@H](OC(=O)/C=C\C[C@@H](C1)O2)[C@H]3C.